The average molecular weight is 374 g/mol. The lowest BCUT2D eigenvalue weighted by molar-refractivity contribution is 0.714. The van der Waals surface area contributed by atoms with E-state index >= 15 is 0 Å². The Balaban J connectivity index is 1.63. The molecule has 0 radical (unpaired) electrons. The number of benzene rings is 1. The molecule has 146 valence electrons. The largest absolute Gasteiger partial charge is 0.256 e. The molecule has 0 fully saturated rings. The van der Waals surface area contributed by atoms with Gasteiger partial charge in [-0.1, -0.05) is 69.9 Å². The molecule has 1 aromatic carbocycles. The van der Waals surface area contributed by atoms with Gasteiger partial charge in [0.25, 0.3) is 0 Å². The Labute approximate surface area is 169 Å². The Morgan fingerprint density at radius 3 is 1.71 bits per heavy atom. The van der Waals surface area contributed by atoms with Crippen molar-refractivity contribution in [1.29, 1.82) is 0 Å². The van der Waals surface area contributed by atoms with Crippen LogP contribution in [0.25, 0.3) is 22.6 Å². The Hall–Kier alpha value is -2.55. The van der Waals surface area contributed by atoms with E-state index in [0.717, 1.165) is 35.5 Å². The fourth-order valence-corrected chi connectivity index (χ4v) is 3.32. The normalized spacial score (nSPS) is 10.9. The average Bonchev–Trinajstić information content (AvgIpc) is 2.75. The van der Waals surface area contributed by atoms with Crippen LogP contribution in [0.4, 0.5) is 0 Å². The van der Waals surface area contributed by atoms with Gasteiger partial charge in [-0.15, -0.1) is 0 Å². The molecule has 0 bridgehead atoms. The van der Waals surface area contributed by atoms with Gasteiger partial charge in [-0.3, -0.25) is 4.98 Å². The van der Waals surface area contributed by atoms with Crippen molar-refractivity contribution in [3.63, 3.8) is 0 Å². The summed E-state index contributed by atoms with van der Waals surface area (Å²) in [6.45, 7) is 4.46. The summed E-state index contributed by atoms with van der Waals surface area (Å²) in [5.41, 5.74) is 5.72. The SMILES string of the molecule is CCCCCc1ccc(-c2ccc(-c3ncc(CCCCC)cn3)cc2)nc1. The van der Waals surface area contributed by atoms with E-state index in [1.165, 1.54) is 49.7 Å². The Kier molecular flexibility index (Phi) is 7.71. The lowest BCUT2D eigenvalue weighted by Crippen LogP contribution is -1.93. The van der Waals surface area contributed by atoms with Crippen LogP contribution < -0.4 is 0 Å². The lowest BCUT2D eigenvalue weighted by Gasteiger charge is -2.06. The maximum atomic E-state index is 4.65. The van der Waals surface area contributed by atoms with Crippen LogP contribution in [0.3, 0.4) is 0 Å². The molecular weight excluding hydrogens is 342 g/mol. The first-order valence-corrected chi connectivity index (χ1v) is 10.7. The van der Waals surface area contributed by atoms with Crippen molar-refractivity contribution in [3.8, 4) is 22.6 Å². The third-order valence-electron chi connectivity index (χ3n) is 5.11. The summed E-state index contributed by atoms with van der Waals surface area (Å²) in [5.74, 6) is 0.782. The van der Waals surface area contributed by atoms with Crippen molar-refractivity contribution in [3.05, 3.63) is 66.1 Å². The molecule has 0 atom stereocenters. The molecule has 28 heavy (non-hydrogen) atoms. The zero-order valence-electron chi connectivity index (χ0n) is 17.2. The number of hydrogen-bond donors (Lipinski definition) is 0. The molecule has 2 heterocycles. The molecule has 0 spiro atoms. The summed E-state index contributed by atoms with van der Waals surface area (Å²) in [6.07, 6.45) is 15.6. The first-order valence-electron chi connectivity index (χ1n) is 10.7. The van der Waals surface area contributed by atoms with Gasteiger partial charge in [0.05, 0.1) is 5.69 Å². The highest BCUT2D eigenvalue weighted by molar-refractivity contribution is 5.65. The zero-order chi connectivity index (χ0) is 19.6. The molecule has 0 aliphatic rings. The highest BCUT2D eigenvalue weighted by Crippen LogP contribution is 2.22. The molecule has 0 amide bonds. The predicted octanol–water partition coefficient (Wildman–Crippen LogP) is 6.67. The first-order chi connectivity index (χ1) is 13.8. The summed E-state index contributed by atoms with van der Waals surface area (Å²) in [7, 11) is 0. The van der Waals surface area contributed by atoms with Crippen LogP contribution >= 0.6 is 0 Å². The van der Waals surface area contributed by atoms with Gasteiger partial charge >= 0.3 is 0 Å². The van der Waals surface area contributed by atoms with E-state index in [2.05, 4.69) is 65.2 Å². The van der Waals surface area contributed by atoms with E-state index in [9.17, 15) is 0 Å². The maximum Gasteiger partial charge on any atom is 0.159 e. The number of pyridine rings is 1. The molecule has 3 heteroatoms. The van der Waals surface area contributed by atoms with Crippen molar-refractivity contribution < 1.29 is 0 Å². The third-order valence-corrected chi connectivity index (χ3v) is 5.11. The molecular formula is C25H31N3. The predicted molar refractivity (Wildman–Crippen MR) is 117 cm³/mol. The molecule has 2 aromatic heterocycles. The number of aromatic nitrogens is 3. The van der Waals surface area contributed by atoms with E-state index in [0.29, 0.717) is 0 Å². The van der Waals surface area contributed by atoms with E-state index in [-0.39, 0.29) is 0 Å². The zero-order valence-corrected chi connectivity index (χ0v) is 17.2. The van der Waals surface area contributed by atoms with E-state index in [1.807, 2.05) is 18.6 Å². The summed E-state index contributed by atoms with van der Waals surface area (Å²) in [4.78, 5) is 13.7. The second-order valence-electron chi connectivity index (χ2n) is 7.46. The second kappa shape index (κ2) is 10.7. The van der Waals surface area contributed by atoms with Crippen molar-refractivity contribution in [1.82, 2.24) is 15.0 Å². The van der Waals surface area contributed by atoms with Gasteiger partial charge in [0, 0.05) is 29.7 Å². The van der Waals surface area contributed by atoms with Crippen LogP contribution in [-0.4, -0.2) is 15.0 Å². The van der Waals surface area contributed by atoms with Gasteiger partial charge in [0.2, 0.25) is 0 Å². The van der Waals surface area contributed by atoms with Crippen molar-refractivity contribution in [2.45, 2.75) is 65.2 Å². The minimum absolute atomic E-state index is 0.782. The highest BCUT2D eigenvalue weighted by atomic mass is 14.9. The van der Waals surface area contributed by atoms with Gasteiger partial charge in [0.1, 0.15) is 0 Å². The van der Waals surface area contributed by atoms with Crippen LogP contribution in [0.2, 0.25) is 0 Å². The van der Waals surface area contributed by atoms with Gasteiger partial charge < -0.3 is 0 Å². The Morgan fingerprint density at radius 2 is 1.14 bits per heavy atom. The second-order valence-corrected chi connectivity index (χ2v) is 7.46. The van der Waals surface area contributed by atoms with Crippen molar-refractivity contribution in [2.75, 3.05) is 0 Å². The fraction of sp³-hybridized carbons (Fsp3) is 0.400. The topological polar surface area (TPSA) is 38.7 Å². The molecule has 3 nitrogen and oxygen atoms in total. The van der Waals surface area contributed by atoms with Crippen LogP contribution in [0.15, 0.2) is 55.0 Å². The van der Waals surface area contributed by atoms with Gasteiger partial charge in [-0.2, -0.15) is 0 Å². The van der Waals surface area contributed by atoms with Crippen LogP contribution in [0.1, 0.15) is 63.5 Å². The van der Waals surface area contributed by atoms with Crippen molar-refractivity contribution in [2.24, 2.45) is 0 Å². The van der Waals surface area contributed by atoms with Gasteiger partial charge in [-0.25, -0.2) is 9.97 Å². The van der Waals surface area contributed by atoms with E-state index < -0.39 is 0 Å². The molecule has 0 aliphatic heterocycles. The number of aryl methyl sites for hydroxylation is 2. The minimum Gasteiger partial charge on any atom is -0.256 e. The van der Waals surface area contributed by atoms with E-state index in [4.69, 9.17) is 0 Å². The number of unbranched alkanes of at least 4 members (excludes halogenated alkanes) is 4. The molecule has 3 aromatic rings. The Bertz CT molecular complexity index is 749. The fourth-order valence-electron chi connectivity index (χ4n) is 3.32. The molecule has 0 unspecified atom stereocenters. The van der Waals surface area contributed by atoms with Gasteiger partial charge in [-0.05, 0) is 42.9 Å². The third kappa shape index (κ3) is 5.72. The number of hydrogen-bond acceptors (Lipinski definition) is 3. The van der Waals surface area contributed by atoms with Gasteiger partial charge in [0.15, 0.2) is 5.82 Å². The summed E-state index contributed by atoms with van der Waals surface area (Å²) < 4.78 is 0. The highest BCUT2D eigenvalue weighted by Gasteiger charge is 2.04. The molecule has 3 rings (SSSR count). The maximum absolute atomic E-state index is 4.65. The summed E-state index contributed by atoms with van der Waals surface area (Å²) >= 11 is 0. The quantitative estimate of drug-likeness (QED) is 0.372. The first kappa shape index (κ1) is 20.2. The monoisotopic (exact) mass is 373 g/mol. The van der Waals surface area contributed by atoms with Crippen LogP contribution in [0, 0.1) is 0 Å². The lowest BCUT2D eigenvalue weighted by atomic mass is 10.1. The van der Waals surface area contributed by atoms with Crippen molar-refractivity contribution >= 4 is 0 Å². The van der Waals surface area contributed by atoms with E-state index in [1.54, 1.807) is 0 Å². The number of nitrogens with zero attached hydrogens (tertiary/aromatic N) is 3. The smallest absolute Gasteiger partial charge is 0.159 e. The van der Waals surface area contributed by atoms with Crippen LogP contribution in [0.5, 0.6) is 0 Å². The summed E-state index contributed by atoms with van der Waals surface area (Å²) in [6, 6.07) is 12.7. The minimum atomic E-state index is 0.782. The standard InChI is InChI=1S/C25H31N3/c1-3-5-7-9-20-11-16-24(26-17-20)22-12-14-23(15-13-22)25-27-18-21(19-28-25)10-8-6-4-2/h11-19H,3-10H2,1-2H3. The molecule has 0 saturated heterocycles. The molecule has 0 N–H and O–H groups in total. The van der Waals surface area contributed by atoms with Crippen LogP contribution in [-0.2, 0) is 12.8 Å². The Morgan fingerprint density at radius 1 is 0.571 bits per heavy atom. The summed E-state index contributed by atoms with van der Waals surface area (Å²) in [5, 5.41) is 0. The number of rotatable bonds is 10. The molecule has 0 aliphatic carbocycles. The molecule has 0 saturated carbocycles.